The molecule has 72 valence electrons. The summed E-state index contributed by atoms with van der Waals surface area (Å²) >= 11 is 0. The lowest BCUT2D eigenvalue weighted by molar-refractivity contribution is 0.313. The summed E-state index contributed by atoms with van der Waals surface area (Å²) in [5.74, 6) is 0.224. The molecule has 0 aromatic rings. The molecular formula is C8H19N3O. The maximum atomic E-state index is 8.24. The van der Waals surface area contributed by atoms with Gasteiger partial charge in [0.25, 0.3) is 0 Å². The number of rotatable bonds is 5. The van der Waals surface area contributed by atoms with Gasteiger partial charge in [0, 0.05) is 6.54 Å². The van der Waals surface area contributed by atoms with Crippen LogP contribution in [0, 0.1) is 5.41 Å². The fourth-order valence-corrected chi connectivity index (χ4v) is 0.689. The van der Waals surface area contributed by atoms with E-state index >= 15 is 0 Å². The highest BCUT2D eigenvalue weighted by atomic mass is 16.4. The van der Waals surface area contributed by atoms with Gasteiger partial charge in [0.05, 0.1) is 6.54 Å². The molecule has 0 fully saturated rings. The molecule has 4 N–H and O–H groups in total. The van der Waals surface area contributed by atoms with Crippen LogP contribution in [0.2, 0.25) is 0 Å². The number of nitrogens with zero attached hydrogens (tertiary/aromatic N) is 1. The third kappa shape index (κ3) is 4.96. The summed E-state index contributed by atoms with van der Waals surface area (Å²) in [6, 6.07) is 0. The second-order valence-electron chi connectivity index (χ2n) is 3.71. The highest BCUT2D eigenvalue weighted by Gasteiger charge is 2.13. The first-order chi connectivity index (χ1) is 5.52. The maximum Gasteiger partial charge on any atom is 0.153 e. The van der Waals surface area contributed by atoms with Crippen LogP contribution in [0.25, 0.3) is 0 Å². The summed E-state index contributed by atoms with van der Waals surface area (Å²) in [7, 11) is 0. The molecule has 0 aliphatic rings. The Hall–Kier alpha value is -0.770. The average Bonchev–Trinajstić information content (AvgIpc) is 2.04. The molecule has 0 spiro atoms. The highest BCUT2D eigenvalue weighted by molar-refractivity contribution is 5.81. The van der Waals surface area contributed by atoms with Crippen molar-refractivity contribution < 1.29 is 5.21 Å². The zero-order valence-electron chi connectivity index (χ0n) is 8.09. The monoisotopic (exact) mass is 173 g/mol. The minimum atomic E-state index is 0.224. The van der Waals surface area contributed by atoms with Gasteiger partial charge in [-0.1, -0.05) is 25.9 Å². The van der Waals surface area contributed by atoms with Gasteiger partial charge in [-0.3, -0.25) is 0 Å². The molecule has 0 rings (SSSR count). The molecule has 0 aromatic carbocycles. The Morgan fingerprint density at radius 2 is 2.17 bits per heavy atom. The first-order valence-electron chi connectivity index (χ1n) is 4.19. The van der Waals surface area contributed by atoms with Crippen molar-refractivity contribution in [1.82, 2.24) is 5.32 Å². The SMILES string of the molecule is CCC(C)(C)CNCC(N)=NO. The first-order valence-corrected chi connectivity index (χ1v) is 4.19. The first kappa shape index (κ1) is 11.2. The third-order valence-electron chi connectivity index (χ3n) is 2.00. The van der Waals surface area contributed by atoms with Crippen LogP contribution < -0.4 is 11.1 Å². The molecule has 4 heteroatoms. The van der Waals surface area contributed by atoms with E-state index in [1.165, 1.54) is 0 Å². The van der Waals surface area contributed by atoms with E-state index in [4.69, 9.17) is 10.9 Å². The van der Waals surface area contributed by atoms with Crippen molar-refractivity contribution in [2.45, 2.75) is 27.2 Å². The minimum Gasteiger partial charge on any atom is -0.409 e. The molecule has 0 amide bonds. The van der Waals surface area contributed by atoms with E-state index < -0.39 is 0 Å². The second kappa shape index (κ2) is 4.98. The van der Waals surface area contributed by atoms with Gasteiger partial charge >= 0.3 is 0 Å². The lowest BCUT2D eigenvalue weighted by atomic mass is 9.90. The van der Waals surface area contributed by atoms with Crippen LogP contribution in [0.1, 0.15) is 27.2 Å². The predicted octanol–water partition coefficient (Wildman–Crippen LogP) is 0.759. The van der Waals surface area contributed by atoms with Crippen molar-refractivity contribution >= 4 is 5.84 Å². The quantitative estimate of drug-likeness (QED) is 0.249. The summed E-state index contributed by atoms with van der Waals surface area (Å²) in [6.45, 7) is 7.81. The highest BCUT2D eigenvalue weighted by Crippen LogP contribution is 2.17. The Labute approximate surface area is 73.8 Å². The van der Waals surface area contributed by atoms with E-state index in [0.29, 0.717) is 6.54 Å². The van der Waals surface area contributed by atoms with Crippen LogP contribution in [-0.2, 0) is 0 Å². The van der Waals surface area contributed by atoms with E-state index in [9.17, 15) is 0 Å². The smallest absolute Gasteiger partial charge is 0.153 e. The van der Waals surface area contributed by atoms with E-state index in [-0.39, 0.29) is 11.3 Å². The molecule has 0 saturated heterocycles. The van der Waals surface area contributed by atoms with Crippen molar-refractivity contribution in [3.63, 3.8) is 0 Å². The van der Waals surface area contributed by atoms with Crippen molar-refractivity contribution in [2.75, 3.05) is 13.1 Å². The van der Waals surface area contributed by atoms with E-state index in [0.717, 1.165) is 13.0 Å². The van der Waals surface area contributed by atoms with Gasteiger partial charge in [0.15, 0.2) is 5.84 Å². The van der Waals surface area contributed by atoms with Gasteiger partial charge in [-0.25, -0.2) is 0 Å². The van der Waals surface area contributed by atoms with Gasteiger partial charge in [0.2, 0.25) is 0 Å². The Morgan fingerprint density at radius 1 is 1.58 bits per heavy atom. The van der Waals surface area contributed by atoms with Crippen molar-refractivity contribution in [3.05, 3.63) is 0 Å². The number of nitrogens with one attached hydrogen (secondary N) is 1. The van der Waals surface area contributed by atoms with E-state index in [1.807, 2.05) is 0 Å². The number of hydrogen-bond donors (Lipinski definition) is 3. The number of nitrogens with two attached hydrogens (primary N) is 1. The molecule has 12 heavy (non-hydrogen) atoms. The van der Waals surface area contributed by atoms with Crippen LogP contribution in [-0.4, -0.2) is 24.1 Å². The van der Waals surface area contributed by atoms with Gasteiger partial charge in [-0.15, -0.1) is 0 Å². The summed E-state index contributed by atoms with van der Waals surface area (Å²) in [5, 5.41) is 14.2. The molecule has 0 heterocycles. The van der Waals surface area contributed by atoms with Gasteiger partial charge in [0.1, 0.15) is 0 Å². The number of hydrogen-bond acceptors (Lipinski definition) is 3. The largest absolute Gasteiger partial charge is 0.409 e. The van der Waals surface area contributed by atoms with E-state index in [2.05, 4.69) is 31.2 Å². The molecular weight excluding hydrogens is 154 g/mol. The maximum absolute atomic E-state index is 8.24. The van der Waals surface area contributed by atoms with Crippen LogP contribution in [0.5, 0.6) is 0 Å². The van der Waals surface area contributed by atoms with Crippen molar-refractivity contribution in [1.29, 1.82) is 0 Å². The van der Waals surface area contributed by atoms with Crippen molar-refractivity contribution in [2.24, 2.45) is 16.3 Å². The summed E-state index contributed by atoms with van der Waals surface area (Å²) in [6.07, 6.45) is 1.11. The zero-order valence-corrected chi connectivity index (χ0v) is 8.09. The van der Waals surface area contributed by atoms with Crippen LogP contribution >= 0.6 is 0 Å². The molecule has 0 aliphatic heterocycles. The zero-order chi connectivity index (χ0) is 9.61. The van der Waals surface area contributed by atoms with Gasteiger partial charge in [-0.2, -0.15) is 0 Å². The summed E-state index contributed by atoms with van der Waals surface area (Å²) in [5.41, 5.74) is 5.55. The molecule has 0 unspecified atom stereocenters. The normalized spacial score (nSPS) is 13.4. The Kier molecular flexibility index (Phi) is 4.66. The lowest BCUT2D eigenvalue weighted by Gasteiger charge is -2.22. The van der Waals surface area contributed by atoms with Gasteiger partial charge in [-0.05, 0) is 11.8 Å². The fraction of sp³-hybridized carbons (Fsp3) is 0.875. The van der Waals surface area contributed by atoms with Crippen LogP contribution in [0.15, 0.2) is 5.16 Å². The molecule has 0 radical (unpaired) electrons. The Morgan fingerprint density at radius 3 is 2.58 bits per heavy atom. The van der Waals surface area contributed by atoms with E-state index in [1.54, 1.807) is 0 Å². The van der Waals surface area contributed by atoms with Crippen LogP contribution in [0.4, 0.5) is 0 Å². The fourth-order valence-electron chi connectivity index (χ4n) is 0.689. The molecule has 0 aromatic heterocycles. The lowest BCUT2D eigenvalue weighted by Crippen LogP contribution is -2.35. The number of amidine groups is 1. The minimum absolute atomic E-state index is 0.224. The Balaban J connectivity index is 3.56. The molecule has 0 atom stereocenters. The molecule has 0 bridgehead atoms. The molecule has 0 saturated carbocycles. The summed E-state index contributed by atoms with van der Waals surface area (Å²) in [4.78, 5) is 0. The van der Waals surface area contributed by atoms with Gasteiger partial charge < -0.3 is 16.3 Å². The van der Waals surface area contributed by atoms with Crippen LogP contribution in [0.3, 0.4) is 0 Å². The molecule has 4 nitrogen and oxygen atoms in total. The predicted molar refractivity (Wildman–Crippen MR) is 50.4 cm³/mol. The van der Waals surface area contributed by atoms with Crippen molar-refractivity contribution in [3.8, 4) is 0 Å². The third-order valence-corrected chi connectivity index (χ3v) is 2.00. The average molecular weight is 173 g/mol. The standard InChI is InChI=1S/C8H19N3O/c1-4-8(2,3)6-10-5-7(9)11-12/h10,12H,4-6H2,1-3H3,(H2,9,11). The number of oxime groups is 1. The molecule has 0 aliphatic carbocycles. The Bertz CT molecular complexity index is 154. The second-order valence-corrected chi connectivity index (χ2v) is 3.71. The summed E-state index contributed by atoms with van der Waals surface area (Å²) < 4.78 is 0. The topological polar surface area (TPSA) is 70.6 Å².